The van der Waals surface area contributed by atoms with Crippen molar-refractivity contribution in [2.75, 3.05) is 26.3 Å². The summed E-state index contributed by atoms with van der Waals surface area (Å²) in [5.74, 6) is -0.305. The van der Waals surface area contributed by atoms with E-state index in [9.17, 15) is 4.39 Å². The molecule has 0 saturated carbocycles. The van der Waals surface area contributed by atoms with Crippen LogP contribution in [0.2, 0.25) is 0 Å². The molecular formula is C10H12BrFN2O. The normalized spacial score (nSPS) is 18.0. The Labute approximate surface area is 96.4 Å². The summed E-state index contributed by atoms with van der Waals surface area (Å²) < 4.78 is 18.7. The van der Waals surface area contributed by atoms with Gasteiger partial charge in [0.15, 0.2) is 5.82 Å². The number of pyridine rings is 1. The van der Waals surface area contributed by atoms with Gasteiger partial charge in [0.05, 0.1) is 13.2 Å². The fraction of sp³-hybridized carbons (Fsp3) is 0.500. The quantitative estimate of drug-likeness (QED) is 0.770. The van der Waals surface area contributed by atoms with Crippen molar-refractivity contribution in [1.29, 1.82) is 0 Å². The molecule has 1 fully saturated rings. The number of nitrogens with zero attached hydrogens (tertiary/aromatic N) is 2. The molecule has 0 radical (unpaired) electrons. The van der Waals surface area contributed by atoms with Gasteiger partial charge in [-0.25, -0.2) is 9.37 Å². The van der Waals surface area contributed by atoms with Crippen LogP contribution in [-0.2, 0) is 11.3 Å². The van der Waals surface area contributed by atoms with Gasteiger partial charge >= 0.3 is 0 Å². The molecule has 1 aliphatic rings. The summed E-state index contributed by atoms with van der Waals surface area (Å²) in [6, 6.07) is 1.52. The van der Waals surface area contributed by atoms with Crippen molar-refractivity contribution in [2.45, 2.75) is 6.54 Å². The standard InChI is InChI=1S/C10H12BrFN2O/c11-10-9(12)5-8(6-13-10)7-14-1-3-15-4-2-14/h5-6H,1-4,7H2. The molecule has 0 N–H and O–H groups in total. The zero-order valence-corrected chi connectivity index (χ0v) is 9.83. The molecule has 2 heterocycles. The van der Waals surface area contributed by atoms with E-state index in [-0.39, 0.29) is 10.4 Å². The summed E-state index contributed by atoms with van der Waals surface area (Å²) in [5, 5.41) is 0. The molecule has 0 aromatic carbocycles. The highest BCUT2D eigenvalue weighted by atomic mass is 79.9. The highest BCUT2D eigenvalue weighted by Gasteiger charge is 2.11. The van der Waals surface area contributed by atoms with Crippen LogP contribution < -0.4 is 0 Å². The molecule has 0 bridgehead atoms. The Kier molecular flexibility index (Phi) is 3.66. The fourth-order valence-corrected chi connectivity index (χ4v) is 1.78. The lowest BCUT2D eigenvalue weighted by molar-refractivity contribution is 0.0341. The maximum atomic E-state index is 13.2. The van der Waals surface area contributed by atoms with E-state index in [1.165, 1.54) is 6.07 Å². The molecule has 0 atom stereocenters. The fourth-order valence-electron chi connectivity index (χ4n) is 1.56. The maximum absolute atomic E-state index is 13.2. The number of halogens is 2. The molecule has 1 aliphatic heterocycles. The molecule has 1 aromatic heterocycles. The van der Waals surface area contributed by atoms with E-state index in [0.717, 1.165) is 38.4 Å². The average molecular weight is 275 g/mol. The zero-order chi connectivity index (χ0) is 10.7. The predicted octanol–water partition coefficient (Wildman–Crippen LogP) is 1.82. The summed E-state index contributed by atoms with van der Waals surface area (Å²) in [5.41, 5.74) is 0.901. The second kappa shape index (κ2) is 5.01. The van der Waals surface area contributed by atoms with E-state index in [4.69, 9.17) is 4.74 Å². The van der Waals surface area contributed by atoms with Crippen molar-refractivity contribution in [3.63, 3.8) is 0 Å². The van der Waals surface area contributed by atoms with Crippen molar-refractivity contribution in [1.82, 2.24) is 9.88 Å². The molecule has 82 valence electrons. The van der Waals surface area contributed by atoms with Crippen LogP contribution in [-0.4, -0.2) is 36.2 Å². The second-order valence-corrected chi connectivity index (χ2v) is 4.26. The zero-order valence-electron chi connectivity index (χ0n) is 8.25. The molecule has 5 heteroatoms. The van der Waals surface area contributed by atoms with Gasteiger partial charge in [-0.2, -0.15) is 0 Å². The first-order valence-electron chi connectivity index (χ1n) is 4.86. The van der Waals surface area contributed by atoms with Crippen molar-refractivity contribution in [3.05, 3.63) is 28.2 Å². The number of hydrogen-bond donors (Lipinski definition) is 0. The molecule has 0 spiro atoms. The van der Waals surface area contributed by atoms with Crippen LogP contribution in [0.1, 0.15) is 5.56 Å². The van der Waals surface area contributed by atoms with Gasteiger partial charge in [0.25, 0.3) is 0 Å². The van der Waals surface area contributed by atoms with Gasteiger partial charge < -0.3 is 4.74 Å². The second-order valence-electron chi connectivity index (χ2n) is 3.50. The van der Waals surface area contributed by atoms with Gasteiger partial charge in [-0.1, -0.05) is 0 Å². The van der Waals surface area contributed by atoms with Crippen LogP contribution in [0.3, 0.4) is 0 Å². The molecule has 15 heavy (non-hydrogen) atoms. The van der Waals surface area contributed by atoms with E-state index in [1.807, 2.05) is 0 Å². The molecule has 0 amide bonds. The summed E-state index contributed by atoms with van der Waals surface area (Å²) in [4.78, 5) is 6.16. The van der Waals surface area contributed by atoms with Gasteiger partial charge in [-0.15, -0.1) is 0 Å². The lowest BCUT2D eigenvalue weighted by atomic mass is 10.2. The van der Waals surface area contributed by atoms with Gasteiger partial charge in [-0.05, 0) is 27.6 Å². The summed E-state index contributed by atoms with van der Waals surface area (Å²) >= 11 is 3.03. The first kappa shape index (κ1) is 11.0. The molecule has 1 aromatic rings. The highest BCUT2D eigenvalue weighted by Crippen LogP contribution is 2.14. The monoisotopic (exact) mass is 274 g/mol. The number of morpholine rings is 1. The van der Waals surface area contributed by atoms with E-state index in [0.29, 0.717) is 0 Å². The lowest BCUT2D eigenvalue weighted by Gasteiger charge is -2.26. The van der Waals surface area contributed by atoms with Crippen LogP contribution in [0.25, 0.3) is 0 Å². The van der Waals surface area contributed by atoms with Crippen molar-refractivity contribution >= 4 is 15.9 Å². The van der Waals surface area contributed by atoms with Crippen molar-refractivity contribution < 1.29 is 9.13 Å². The SMILES string of the molecule is Fc1cc(CN2CCOCC2)cnc1Br. The summed E-state index contributed by atoms with van der Waals surface area (Å²) in [6.07, 6.45) is 1.70. The van der Waals surface area contributed by atoms with Crippen LogP contribution >= 0.6 is 15.9 Å². The van der Waals surface area contributed by atoms with Crippen molar-refractivity contribution in [2.24, 2.45) is 0 Å². The van der Waals surface area contributed by atoms with Gasteiger partial charge in [0, 0.05) is 25.8 Å². The average Bonchev–Trinajstić information content (AvgIpc) is 2.25. The van der Waals surface area contributed by atoms with Crippen molar-refractivity contribution in [3.8, 4) is 0 Å². The van der Waals surface area contributed by atoms with Crippen LogP contribution in [0.15, 0.2) is 16.9 Å². The first-order chi connectivity index (χ1) is 7.25. The van der Waals surface area contributed by atoms with E-state index >= 15 is 0 Å². The Morgan fingerprint density at radius 2 is 2.20 bits per heavy atom. The van der Waals surface area contributed by atoms with Gasteiger partial charge in [0.1, 0.15) is 4.60 Å². The van der Waals surface area contributed by atoms with Crippen LogP contribution in [0.5, 0.6) is 0 Å². The molecule has 3 nitrogen and oxygen atoms in total. The van der Waals surface area contributed by atoms with Crippen LogP contribution in [0, 0.1) is 5.82 Å². The molecular weight excluding hydrogens is 263 g/mol. The third kappa shape index (κ3) is 2.96. The number of rotatable bonds is 2. The Hall–Kier alpha value is -0.520. The Balaban J connectivity index is 2.00. The smallest absolute Gasteiger partial charge is 0.156 e. The first-order valence-corrected chi connectivity index (χ1v) is 5.65. The largest absolute Gasteiger partial charge is 0.379 e. The Morgan fingerprint density at radius 1 is 1.47 bits per heavy atom. The highest BCUT2D eigenvalue weighted by molar-refractivity contribution is 9.10. The number of ether oxygens (including phenoxy) is 1. The Morgan fingerprint density at radius 3 is 2.87 bits per heavy atom. The van der Waals surface area contributed by atoms with E-state index in [2.05, 4.69) is 25.8 Å². The van der Waals surface area contributed by atoms with E-state index < -0.39 is 0 Å². The van der Waals surface area contributed by atoms with E-state index in [1.54, 1.807) is 6.20 Å². The minimum Gasteiger partial charge on any atom is -0.379 e. The maximum Gasteiger partial charge on any atom is 0.156 e. The molecule has 1 saturated heterocycles. The Bertz CT molecular complexity index is 342. The number of hydrogen-bond acceptors (Lipinski definition) is 3. The molecule has 2 rings (SSSR count). The van der Waals surface area contributed by atoms with Gasteiger partial charge in [0.2, 0.25) is 0 Å². The van der Waals surface area contributed by atoms with Crippen LogP contribution in [0.4, 0.5) is 4.39 Å². The summed E-state index contributed by atoms with van der Waals surface area (Å²) in [7, 11) is 0. The molecule has 0 aliphatic carbocycles. The predicted molar refractivity (Wildman–Crippen MR) is 58.0 cm³/mol. The minimum absolute atomic E-state index is 0.272. The summed E-state index contributed by atoms with van der Waals surface area (Å²) in [6.45, 7) is 4.05. The third-order valence-electron chi connectivity index (χ3n) is 2.36. The molecule has 0 unspecified atom stereocenters. The third-order valence-corrected chi connectivity index (χ3v) is 2.95. The topological polar surface area (TPSA) is 25.4 Å². The lowest BCUT2D eigenvalue weighted by Crippen LogP contribution is -2.35. The number of aromatic nitrogens is 1. The van der Waals surface area contributed by atoms with Gasteiger partial charge in [-0.3, -0.25) is 4.90 Å². The minimum atomic E-state index is -0.305.